The zero-order chi connectivity index (χ0) is 17.1. The second-order valence-electron chi connectivity index (χ2n) is 5.24. The summed E-state index contributed by atoms with van der Waals surface area (Å²) in [5.41, 5.74) is 7.31. The van der Waals surface area contributed by atoms with Gasteiger partial charge in [-0.3, -0.25) is 9.59 Å². The summed E-state index contributed by atoms with van der Waals surface area (Å²) in [4.78, 5) is 23.8. The van der Waals surface area contributed by atoms with E-state index in [9.17, 15) is 9.59 Å². The van der Waals surface area contributed by atoms with Gasteiger partial charge < -0.3 is 20.2 Å². The third kappa shape index (κ3) is 3.00. The molecular weight excluding hydrogens is 308 g/mol. The smallest absolute Gasteiger partial charge is 0.291 e. The van der Waals surface area contributed by atoms with Gasteiger partial charge in [0.05, 0.1) is 6.61 Å². The normalized spacial score (nSPS) is 10.7. The molecule has 3 rings (SSSR count). The highest BCUT2D eigenvalue weighted by molar-refractivity contribution is 6.07. The quantitative estimate of drug-likeness (QED) is 0.754. The van der Waals surface area contributed by atoms with E-state index in [2.05, 4.69) is 5.32 Å². The highest BCUT2D eigenvalue weighted by atomic mass is 16.5. The summed E-state index contributed by atoms with van der Waals surface area (Å²) in [5, 5.41) is 3.55. The molecule has 0 bridgehead atoms. The largest absolute Gasteiger partial charge is 0.451 e. The van der Waals surface area contributed by atoms with E-state index in [-0.39, 0.29) is 12.4 Å². The van der Waals surface area contributed by atoms with E-state index in [0.29, 0.717) is 22.4 Å². The Labute approximate surface area is 138 Å². The Hall–Kier alpha value is -3.12. The maximum atomic E-state index is 12.6. The van der Waals surface area contributed by atoms with E-state index >= 15 is 0 Å². The molecule has 0 unspecified atom stereocenters. The van der Waals surface area contributed by atoms with Crippen molar-refractivity contribution in [2.24, 2.45) is 5.73 Å². The molecule has 122 valence electrons. The first-order valence-corrected chi connectivity index (χ1v) is 7.30. The number of furan rings is 1. The molecule has 0 radical (unpaired) electrons. The van der Waals surface area contributed by atoms with Crippen LogP contribution >= 0.6 is 0 Å². The van der Waals surface area contributed by atoms with E-state index in [1.165, 1.54) is 6.07 Å². The molecule has 3 aromatic rings. The summed E-state index contributed by atoms with van der Waals surface area (Å²) >= 11 is 0. The summed E-state index contributed by atoms with van der Waals surface area (Å²) in [6, 6.07) is 13.8. The SMILES string of the molecule is COCc1c(C(=O)Nc2cccc(C(N)=O)c2)oc2ccccc12. The highest BCUT2D eigenvalue weighted by Gasteiger charge is 2.20. The number of para-hydroxylation sites is 1. The Bertz CT molecular complexity index is 914. The van der Waals surface area contributed by atoms with Crippen LogP contribution in [-0.4, -0.2) is 18.9 Å². The van der Waals surface area contributed by atoms with Crippen LogP contribution in [0, 0.1) is 0 Å². The molecule has 6 nitrogen and oxygen atoms in total. The van der Waals surface area contributed by atoms with Gasteiger partial charge in [0, 0.05) is 29.3 Å². The van der Waals surface area contributed by atoms with Crippen LogP contribution in [0.25, 0.3) is 11.0 Å². The number of nitrogens with one attached hydrogen (secondary N) is 1. The second kappa shape index (κ2) is 6.55. The first kappa shape index (κ1) is 15.8. The lowest BCUT2D eigenvalue weighted by Gasteiger charge is -2.06. The van der Waals surface area contributed by atoms with Gasteiger partial charge in [0.25, 0.3) is 5.91 Å². The van der Waals surface area contributed by atoms with Crippen molar-refractivity contribution in [1.82, 2.24) is 0 Å². The fourth-order valence-electron chi connectivity index (χ4n) is 2.51. The summed E-state index contributed by atoms with van der Waals surface area (Å²) in [6.45, 7) is 0.251. The lowest BCUT2D eigenvalue weighted by molar-refractivity contribution is 0.0985. The number of rotatable bonds is 5. The average molecular weight is 324 g/mol. The molecule has 1 heterocycles. The first-order chi connectivity index (χ1) is 11.6. The van der Waals surface area contributed by atoms with Crippen molar-refractivity contribution in [2.45, 2.75) is 6.61 Å². The highest BCUT2D eigenvalue weighted by Crippen LogP contribution is 2.27. The number of amides is 2. The minimum absolute atomic E-state index is 0.183. The van der Waals surface area contributed by atoms with E-state index < -0.39 is 11.8 Å². The topological polar surface area (TPSA) is 94.6 Å². The molecule has 2 amide bonds. The zero-order valence-corrected chi connectivity index (χ0v) is 13.0. The van der Waals surface area contributed by atoms with Crippen LogP contribution in [0.3, 0.4) is 0 Å². The maximum absolute atomic E-state index is 12.6. The molecular formula is C18H16N2O4. The predicted octanol–water partition coefficient (Wildman–Crippen LogP) is 2.93. The summed E-state index contributed by atoms with van der Waals surface area (Å²) in [6.07, 6.45) is 0. The standard InChI is InChI=1S/C18H16N2O4/c1-23-10-14-13-7-2-3-8-15(13)24-16(14)18(22)20-12-6-4-5-11(9-12)17(19)21/h2-9H,10H2,1H3,(H2,19,21)(H,20,22). The number of fused-ring (bicyclic) bond motifs is 1. The van der Waals surface area contributed by atoms with E-state index in [1.807, 2.05) is 18.2 Å². The number of hydrogen-bond donors (Lipinski definition) is 2. The number of methoxy groups -OCH3 is 1. The van der Waals surface area contributed by atoms with Gasteiger partial charge in [0.2, 0.25) is 5.91 Å². The molecule has 0 fully saturated rings. The number of anilines is 1. The third-order valence-corrected chi connectivity index (χ3v) is 3.60. The van der Waals surface area contributed by atoms with E-state index in [1.54, 1.807) is 31.4 Å². The Morgan fingerprint density at radius 1 is 1.17 bits per heavy atom. The van der Waals surface area contributed by atoms with Crippen molar-refractivity contribution >= 4 is 28.5 Å². The number of benzene rings is 2. The van der Waals surface area contributed by atoms with Gasteiger partial charge in [-0.05, 0) is 24.3 Å². The molecule has 0 aliphatic heterocycles. The lowest BCUT2D eigenvalue weighted by atomic mass is 10.1. The molecule has 0 spiro atoms. The summed E-state index contributed by atoms with van der Waals surface area (Å²) in [5.74, 6) is -0.794. The van der Waals surface area contributed by atoms with Gasteiger partial charge in [0.15, 0.2) is 5.76 Å². The van der Waals surface area contributed by atoms with Crippen molar-refractivity contribution in [3.8, 4) is 0 Å². The number of nitrogens with two attached hydrogens (primary N) is 1. The fraction of sp³-hybridized carbons (Fsp3) is 0.111. The molecule has 0 aliphatic carbocycles. The van der Waals surface area contributed by atoms with Gasteiger partial charge >= 0.3 is 0 Å². The number of hydrogen-bond acceptors (Lipinski definition) is 4. The van der Waals surface area contributed by atoms with E-state index in [0.717, 1.165) is 5.39 Å². The number of carbonyl (C=O) groups is 2. The van der Waals surface area contributed by atoms with Gasteiger partial charge in [-0.2, -0.15) is 0 Å². The Morgan fingerprint density at radius 3 is 2.71 bits per heavy atom. The average Bonchev–Trinajstić information content (AvgIpc) is 2.94. The minimum atomic E-state index is -0.560. The molecule has 3 N–H and O–H groups in total. The first-order valence-electron chi connectivity index (χ1n) is 7.30. The Balaban J connectivity index is 1.95. The van der Waals surface area contributed by atoms with Crippen LogP contribution in [0.15, 0.2) is 52.9 Å². The van der Waals surface area contributed by atoms with Crippen molar-refractivity contribution in [3.63, 3.8) is 0 Å². The molecule has 0 saturated carbocycles. The van der Waals surface area contributed by atoms with Crippen molar-refractivity contribution < 1.29 is 18.7 Å². The molecule has 0 aliphatic rings. The van der Waals surface area contributed by atoms with Crippen LogP contribution in [0.5, 0.6) is 0 Å². The van der Waals surface area contributed by atoms with Crippen LogP contribution in [0.4, 0.5) is 5.69 Å². The van der Waals surface area contributed by atoms with Gasteiger partial charge in [-0.1, -0.05) is 24.3 Å². The number of carbonyl (C=O) groups excluding carboxylic acids is 2. The lowest BCUT2D eigenvalue weighted by Crippen LogP contribution is -2.15. The summed E-state index contributed by atoms with van der Waals surface area (Å²) in [7, 11) is 1.56. The van der Waals surface area contributed by atoms with Crippen molar-refractivity contribution in [2.75, 3.05) is 12.4 Å². The zero-order valence-electron chi connectivity index (χ0n) is 13.0. The fourth-order valence-corrected chi connectivity index (χ4v) is 2.51. The number of primary amides is 1. The monoisotopic (exact) mass is 324 g/mol. The Morgan fingerprint density at radius 2 is 1.96 bits per heavy atom. The van der Waals surface area contributed by atoms with Crippen LogP contribution in [-0.2, 0) is 11.3 Å². The molecule has 2 aromatic carbocycles. The molecule has 24 heavy (non-hydrogen) atoms. The molecule has 0 saturated heterocycles. The van der Waals surface area contributed by atoms with Crippen LogP contribution < -0.4 is 11.1 Å². The predicted molar refractivity (Wildman–Crippen MR) is 89.8 cm³/mol. The second-order valence-corrected chi connectivity index (χ2v) is 5.24. The minimum Gasteiger partial charge on any atom is -0.451 e. The van der Waals surface area contributed by atoms with Crippen molar-refractivity contribution in [1.29, 1.82) is 0 Å². The van der Waals surface area contributed by atoms with Crippen LogP contribution in [0.2, 0.25) is 0 Å². The molecule has 1 aromatic heterocycles. The Kier molecular flexibility index (Phi) is 4.31. The van der Waals surface area contributed by atoms with Crippen molar-refractivity contribution in [3.05, 3.63) is 65.4 Å². The maximum Gasteiger partial charge on any atom is 0.291 e. The summed E-state index contributed by atoms with van der Waals surface area (Å²) < 4.78 is 10.9. The van der Waals surface area contributed by atoms with E-state index in [4.69, 9.17) is 14.9 Å². The third-order valence-electron chi connectivity index (χ3n) is 3.60. The molecule has 6 heteroatoms. The molecule has 0 atom stereocenters. The van der Waals surface area contributed by atoms with Gasteiger partial charge in [-0.15, -0.1) is 0 Å². The van der Waals surface area contributed by atoms with Gasteiger partial charge in [0.1, 0.15) is 5.58 Å². The number of ether oxygens (including phenoxy) is 1. The van der Waals surface area contributed by atoms with Gasteiger partial charge in [-0.25, -0.2) is 0 Å². The van der Waals surface area contributed by atoms with Crippen LogP contribution in [0.1, 0.15) is 26.5 Å².